The molecule has 1 atom stereocenters. The van der Waals surface area contributed by atoms with E-state index in [0.29, 0.717) is 5.69 Å². The van der Waals surface area contributed by atoms with Crippen molar-refractivity contribution in [2.45, 2.75) is 57.4 Å². The van der Waals surface area contributed by atoms with Gasteiger partial charge in [-0.05, 0) is 76.9 Å². The van der Waals surface area contributed by atoms with E-state index in [1.165, 1.54) is 18.2 Å². The zero-order valence-electron chi connectivity index (χ0n) is 17.5. The van der Waals surface area contributed by atoms with Crippen molar-refractivity contribution in [3.63, 3.8) is 0 Å². The van der Waals surface area contributed by atoms with Gasteiger partial charge in [0, 0.05) is 17.0 Å². The van der Waals surface area contributed by atoms with Crippen molar-refractivity contribution < 1.29 is 18.1 Å². The molecule has 9 heteroatoms. The molecule has 0 radical (unpaired) electrons. The van der Waals surface area contributed by atoms with Crippen molar-refractivity contribution in [3.8, 4) is 0 Å². The number of carbonyl (C=O) groups excluding carboxylic acids is 1. The number of nitrogens with one attached hydrogen (secondary N) is 2. The lowest BCUT2D eigenvalue weighted by molar-refractivity contribution is 0.0602. The highest BCUT2D eigenvalue weighted by Gasteiger charge is 2.51. The van der Waals surface area contributed by atoms with E-state index >= 15 is 0 Å². The number of ether oxygens (including phenoxy) is 1. The minimum Gasteiger partial charge on any atom is -0.442 e. The summed E-state index contributed by atoms with van der Waals surface area (Å²) in [5.41, 5.74) is 4.68. The first-order chi connectivity index (χ1) is 12.6. The van der Waals surface area contributed by atoms with E-state index in [9.17, 15) is 13.4 Å². The van der Waals surface area contributed by atoms with Crippen molar-refractivity contribution in [1.29, 1.82) is 0 Å². The topological polar surface area (TPSA) is 106 Å². The van der Waals surface area contributed by atoms with Crippen LogP contribution in [0, 0.1) is 5.82 Å². The average molecular weight is 415 g/mol. The molecule has 0 spiro atoms. The summed E-state index contributed by atoms with van der Waals surface area (Å²) in [6.45, 7) is 10.4. The maximum absolute atomic E-state index is 14.6. The lowest BCUT2D eigenvalue weighted by Crippen LogP contribution is -2.70. The molecule has 7 nitrogen and oxygen atoms in total. The van der Waals surface area contributed by atoms with Crippen molar-refractivity contribution in [2.24, 2.45) is 4.99 Å². The lowest BCUT2D eigenvalue weighted by Gasteiger charge is -2.52. The van der Waals surface area contributed by atoms with Crippen LogP contribution < -0.4 is 15.8 Å². The van der Waals surface area contributed by atoms with Crippen molar-refractivity contribution >= 4 is 27.7 Å². The maximum Gasteiger partial charge on any atom is 0.435 e. The van der Waals surface area contributed by atoms with Crippen LogP contribution in [-0.4, -0.2) is 39.3 Å². The third-order valence-electron chi connectivity index (χ3n) is 4.96. The Balaban J connectivity index is 2.60. The van der Waals surface area contributed by atoms with E-state index in [-0.39, 0.29) is 17.2 Å². The van der Waals surface area contributed by atoms with Crippen molar-refractivity contribution in [1.82, 2.24) is 10.0 Å². The standard InChI is InChI=1S/C19H31FN4O3S/c1-17(2,3)27-16(25)23-15-18(4,5)28(26,22-7)11-19(6,24-15)13-10-12(21)8-9-14(13)20/h8-10,28H,11,21H2,1-7H3,(H,22,26)(H,23,24,25)/t19-/m0/s1. The van der Waals surface area contributed by atoms with Gasteiger partial charge in [0.2, 0.25) is 0 Å². The maximum atomic E-state index is 14.6. The van der Waals surface area contributed by atoms with Crippen molar-refractivity contribution in [3.05, 3.63) is 29.6 Å². The smallest absolute Gasteiger partial charge is 0.435 e. The number of nitrogens with zero attached hydrogens (tertiary/aromatic N) is 1. The Morgan fingerprint density at radius 2 is 1.96 bits per heavy atom. The molecule has 1 aliphatic rings. The predicted molar refractivity (Wildman–Crippen MR) is 113 cm³/mol. The summed E-state index contributed by atoms with van der Waals surface area (Å²) in [6.07, 6.45) is -0.803. The first-order valence-electron chi connectivity index (χ1n) is 9.07. The second kappa shape index (κ2) is 7.11. The summed E-state index contributed by atoms with van der Waals surface area (Å²) in [7, 11) is -1.55. The number of amidine groups is 1. The van der Waals surface area contributed by atoms with Crippen LogP contribution in [0.4, 0.5) is 14.9 Å². The van der Waals surface area contributed by atoms with E-state index in [1.807, 2.05) is 0 Å². The molecular weight excluding hydrogens is 383 g/mol. The number of nitrogens with two attached hydrogens (primary N) is 1. The Morgan fingerprint density at radius 1 is 1.36 bits per heavy atom. The normalized spacial score (nSPS) is 26.4. The van der Waals surface area contributed by atoms with E-state index < -0.39 is 37.9 Å². The first kappa shape index (κ1) is 22.3. The minimum absolute atomic E-state index is 0.108. The largest absolute Gasteiger partial charge is 0.442 e. The molecule has 1 aromatic rings. The highest BCUT2D eigenvalue weighted by atomic mass is 32.3. The first-order valence-corrected chi connectivity index (χ1v) is 11.0. The fraction of sp³-hybridized carbons (Fsp3) is 0.579. The molecule has 0 aromatic heterocycles. The number of aliphatic imine (C=N–C) groups is 1. The van der Waals surface area contributed by atoms with Gasteiger partial charge in [-0.3, -0.25) is 8.93 Å². The number of halogens is 1. The fourth-order valence-corrected chi connectivity index (χ4v) is 5.99. The fourth-order valence-electron chi connectivity index (χ4n) is 3.29. The molecule has 0 saturated carbocycles. The summed E-state index contributed by atoms with van der Waals surface area (Å²) >= 11 is 0. The molecule has 0 aliphatic carbocycles. The second-order valence-corrected chi connectivity index (χ2v) is 12.2. The van der Waals surface area contributed by atoms with Crippen LogP contribution in [0.3, 0.4) is 0 Å². The van der Waals surface area contributed by atoms with Gasteiger partial charge >= 0.3 is 6.09 Å². The van der Waals surface area contributed by atoms with Gasteiger partial charge in [-0.25, -0.2) is 9.18 Å². The number of rotatable bonds is 2. The number of anilines is 1. The summed E-state index contributed by atoms with van der Waals surface area (Å²) in [6, 6.07) is 4.24. The molecule has 1 aliphatic heterocycles. The van der Waals surface area contributed by atoms with Gasteiger partial charge in [-0.2, -0.15) is 4.99 Å². The van der Waals surface area contributed by atoms with Crippen LogP contribution in [0.2, 0.25) is 0 Å². The summed E-state index contributed by atoms with van der Waals surface area (Å²) < 4.78 is 35.6. The predicted octanol–water partition coefficient (Wildman–Crippen LogP) is 2.49. The molecule has 1 fully saturated rings. The third-order valence-corrected chi connectivity index (χ3v) is 8.78. The zero-order chi connectivity index (χ0) is 21.5. The zero-order valence-corrected chi connectivity index (χ0v) is 18.4. The van der Waals surface area contributed by atoms with Gasteiger partial charge in [0.25, 0.3) is 0 Å². The molecule has 0 unspecified atom stereocenters. The number of hydrogen-bond acceptors (Lipinski definition) is 4. The highest BCUT2D eigenvalue weighted by molar-refractivity contribution is 8.03. The number of carbonyl (C=O) groups is 1. The van der Waals surface area contributed by atoms with Crippen LogP contribution in [0.1, 0.15) is 47.1 Å². The van der Waals surface area contributed by atoms with Gasteiger partial charge in [-0.1, -0.05) is 0 Å². The van der Waals surface area contributed by atoms with Gasteiger partial charge in [-0.15, -0.1) is 0 Å². The highest BCUT2D eigenvalue weighted by Crippen LogP contribution is 2.38. The number of hydrogen-bond donors (Lipinski definition) is 4. The molecule has 1 amide bonds. The summed E-state index contributed by atoms with van der Waals surface area (Å²) in [5.74, 6) is -0.199. The molecule has 158 valence electrons. The molecule has 4 N–H and O–H groups in total. The summed E-state index contributed by atoms with van der Waals surface area (Å²) in [4.78, 5) is 16.4. The monoisotopic (exact) mass is 414 g/mol. The van der Waals surface area contributed by atoms with Crippen LogP contribution in [0.15, 0.2) is 23.2 Å². The molecule has 28 heavy (non-hydrogen) atoms. The minimum atomic E-state index is -3.14. The molecule has 1 heterocycles. The third kappa shape index (κ3) is 4.20. The van der Waals surface area contributed by atoms with Gasteiger partial charge in [0.1, 0.15) is 17.3 Å². The second-order valence-electron chi connectivity index (χ2n) is 8.82. The van der Waals surface area contributed by atoms with Crippen LogP contribution in [-0.2, 0) is 20.4 Å². The molecule has 0 bridgehead atoms. The molecule has 1 aromatic carbocycles. The Labute approximate surface area is 166 Å². The Hall–Kier alpha value is -2.00. The van der Waals surface area contributed by atoms with E-state index in [0.717, 1.165) is 0 Å². The Bertz CT molecular complexity index is 863. The van der Waals surface area contributed by atoms with Crippen molar-refractivity contribution in [2.75, 3.05) is 18.5 Å². The van der Waals surface area contributed by atoms with E-state index in [2.05, 4.69) is 15.0 Å². The van der Waals surface area contributed by atoms with Gasteiger partial charge in [0.15, 0.2) is 0 Å². The summed E-state index contributed by atoms with van der Waals surface area (Å²) in [5, 5.41) is 3.15. The quantitative estimate of drug-likeness (QED) is 0.440. The van der Waals surface area contributed by atoms with E-state index in [4.69, 9.17) is 10.5 Å². The molecular formula is C19H31FN4O3S. The van der Waals surface area contributed by atoms with Gasteiger partial charge in [0.05, 0.1) is 10.3 Å². The van der Waals surface area contributed by atoms with Crippen LogP contribution in [0.25, 0.3) is 0 Å². The van der Waals surface area contributed by atoms with Crippen LogP contribution >= 0.6 is 0 Å². The number of benzene rings is 1. The SMILES string of the molecule is CN[SH]1(=O)C[C@@](C)(c2cc(N)ccc2F)N/C(=N/C(=O)OC(C)(C)C)C1(C)C. The Morgan fingerprint density at radius 3 is 2.50 bits per heavy atom. The lowest BCUT2D eigenvalue weighted by atomic mass is 9.91. The van der Waals surface area contributed by atoms with Gasteiger partial charge < -0.3 is 15.8 Å². The Kier molecular flexibility index (Phi) is 5.66. The molecule has 2 rings (SSSR count). The average Bonchev–Trinajstić information content (AvgIpc) is 2.53. The number of amides is 1. The number of thiol groups is 1. The molecule has 1 saturated heterocycles. The van der Waals surface area contributed by atoms with E-state index in [1.54, 1.807) is 48.6 Å². The van der Waals surface area contributed by atoms with Crippen LogP contribution in [0.5, 0.6) is 0 Å². The number of nitrogen functional groups attached to an aromatic ring is 1.